The Morgan fingerprint density at radius 2 is 1.92 bits per heavy atom. The molecule has 0 aromatic heterocycles. The quantitative estimate of drug-likeness (QED) is 0.619. The molecule has 1 heterocycles. The van der Waals surface area contributed by atoms with Gasteiger partial charge in [0.15, 0.2) is 5.75 Å². The Bertz CT molecular complexity index is 1000. The van der Waals surface area contributed by atoms with Crippen LogP contribution in [0.15, 0.2) is 39.7 Å². The molecule has 0 unspecified atom stereocenters. The molecule has 0 atom stereocenters. The van der Waals surface area contributed by atoms with Gasteiger partial charge in [0.1, 0.15) is 4.90 Å². The van der Waals surface area contributed by atoms with E-state index in [9.17, 15) is 18.3 Å². The highest BCUT2D eigenvalue weighted by Crippen LogP contribution is 2.36. The first-order chi connectivity index (χ1) is 12.2. The number of phenols is 1. The molecule has 2 amide bonds. The van der Waals surface area contributed by atoms with Gasteiger partial charge in [-0.1, -0.05) is 39.1 Å². The molecule has 0 saturated carbocycles. The Hall–Kier alpha value is -1.68. The first-order valence-corrected chi connectivity index (χ1v) is 10.3. The predicted molar refractivity (Wildman–Crippen MR) is 104 cm³/mol. The summed E-state index contributed by atoms with van der Waals surface area (Å²) in [6.07, 6.45) is 0. The molecule has 1 fully saturated rings. The minimum atomic E-state index is -4.15. The average molecular weight is 481 g/mol. The van der Waals surface area contributed by atoms with Crippen molar-refractivity contribution in [3.05, 3.63) is 44.8 Å². The fraction of sp³-hybridized carbons (Fsp3) is 0.133. The van der Waals surface area contributed by atoms with Crippen molar-refractivity contribution in [2.75, 3.05) is 22.7 Å². The number of phenolic OH excluding ortho intramolecular Hbond substituents is 1. The smallest absolute Gasteiger partial charge is 0.321 e. The van der Waals surface area contributed by atoms with Gasteiger partial charge < -0.3 is 10.4 Å². The van der Waals surface area contributed by atoms with Crippen LogP contribution in [0.4, 0.5) is 16.2 Å². The van der Waals surface area contributed by atoms with Crippen molar-refractivity contribution in [3.8, 4) is 5.75 Å². The molecule has 0 spiro atoms. The van der Waals surface area contributed by atoms with Crippen molar-refractivity contribution in [1.82, 2.24) is 5.32 Å². The number of carbonyl (C=O) groups excluding carboxylic acids is 1. The fourth-order valence-electron chi connectivity index (χ4n) is 2.46. The standard InChI is InChI=1S/C15H12BrCl2N3O4S/c16-8-3-12(18)14(22)13(4-8)26(24,25)20-10-5-9(17)6-11(7-10)21-2-1-19-15(21)23/h3-7,20,22H,1-2H2,(H,19,23). The van der Waals surface area contributed by atoms with Crippen molar-refractivity contribution in [1.29, 1.82) is 0 Å². The zero-order valence-corrected chi connectivity index (χ0v) is 16.9. The van der Waals surface area contributed by atoms with Crippen LogP contribution in [-0.4, -0.2) is 32.6 Å². The van der Waals surface area contributed by atoms with Crippen LogP contribution in [0.25, 0.3) is 0 Å². The molecule has 3 N–H and O–H groups in total. The first-order valence-electron chi connectivity index (χ1n) is 7.24. The Labute approximate surface area is 168 Å². The Kier molecular flexibility index (Phi) is 5.25. The summed E-state index contributed by atoms with van der Waals surface area (Å²) in [5.41, 5.74) is 0.587. The summed E-state index contributed by atoms with van der Waals surface area (Å²) in [6, 6.07) is 6.73. The summed E-state index contributed by atoms with van der Waals surface area (Å²) in [4.78, 5) is 12.9. The van der Waals surface area contributed by atoms with Gasteiger partial charge in [-0.05, 0) is 30.3 Å². The third-order valence-corrected chi connectivity index (χ3v) is 5.94. The number of hydrogen-bond acceptors (Lipinski definition) is 4. The molecule has 0 aliphatic carbocycles. The summed E-state index contributed by atoms with van der Waals surface area (Å²) in [6.45, 7) is 0.921. The van der Waals surface area contributed by atoms with E-state index in [0.29, 0.717) is 23.2 Å². The number of nitrogens with zero attached hydrogens (tertiary/aromatic N) is 1. The van der Waals surface area contributed by atoms with Gasteiger partial charge in [0, 0.05) is 28.3 Å². The van der Waals surface area contributed by atoms with E-state index in [-0.39, 0.29) is 21.8 Å². The number of sulfonamides is 1. The number of anilines is 2. The number of urea groups is 1. The zero-order chi connectivity index (χ0) is 19.1. The van der Waals surface area contributed by atoms with Gasteiger partial charge in [-0.15, -0.1) is 0 Å². The predicted octanol–water partition coefficient (Wildman–Crippen LogP) is 3.79. The normalized spacial score (nSPS) is 14.4. The van der Waals surface area contributed by atoms with Crippen LogP contribution < -0.4 is 14.9 Å². The van der Waals surface area contributed by atoms with Gasteiger partial charge in [0.2, 0.25) is 0 Å². The number of carbonyl (C=O) groups is 1. The number of hydrogen-bond donors (Lipinski definition) is 3. The van der Waals surface area contributed by atoms with Crippen molar-refractivity contribution >= 4 is 66.6 Å². The number of rotatable bonds is 4. The second-order valence-corrected chi connectivity index (χ2v) is 8.83. The SMILES string of the molecule is O=C1NCCN1c1cc(Cl)cc(NS(=O)(=O)c2cc(Br)cc(Cl)c2O)c1. The van der Waals surface area contributed by atoms with Gasteiger partial charge in [-0.3, -0.25) is 9.62 Å². The van der Waals surface area contributed by atoms with E-state index in [2.05, 4.69) is 26.0 Å². The van der Waals surface area contributed by atoms with Gasteiger partial charge >= 0.3 is 6.03 Å². The number of halogens is 3. The fourth-order valence-corrected chi connectivity index (χ4v) is 4.89. The van der Waals surface area contributed by atoms with Crippen molar-refractivity contribution in [2.24, 2.45) is 0 Å². The second kappa shape index (κ2) is 7.15. The van der Waals surface area contributed by atoms with Crippen molar-refractivity contribution in [3.63, 3.8) is 0 Å². The van der Waals surface area contributed by atoms with E-state index >= 15 is 0 Å². The summed E-state index contributed by atoms with van der Waals surface area (Å²) in [5.74, 6) is -0.566. The van der Waals surface area contributed by atoms with E-state index in [1.54, 1.807) is 6.07 Å². The second-order valence-electron chi connectivity index (χ2n) is 5.42. The minimum absolute atomic E-state index is 0.111. The topological polar surface area (TPSA) is 98.7 Å². The lowest BCUT2D eigenvalue weighted by Crippen LogP contribution is -2.27. The third-order valence-electron chi connectivity index (χ3n) is 3.59. The molecular weight excluding hydrogens is 469 g/mol. The largest absolute Gasteiger partial charge is 0.505 e. The Balaban J connectivity index is 1.98. The lowest BCUT2D eigenvalue weighted by Gasteiger charge is -2.17. The summed E-state index contributed by atoms with van der Waals surface area (Å²) in [5, 5.41) is 12.8. The zero-order valence-electron chi connectivity index (χ0n) is 13.0. The van der Waals surface area contributed by atoms with Gasteiger partial charge in [0.05, 0.1) is 10.7 Å². The molecule has 26 heavy (non-hydrogen) atoms. The molecule has 1 aliphatic heterocycles. The average Bonchev–Trinajstić information content (AvgIpc) is 2.95. The van der Waals surface area contributed by atoms with Crippen molar-refractivity contribution in [2.45, 2.75) is 4.90 Å². The highest BCUT2D eigenvalue weighted by Gasteiger charge is 2.24. The molecule has 11 heteroatoms. The molecule has 2 aromatic carbocycles. The van der Waals surface area contributed by atoms with E-state index in [1.165, 1.54) is 29.2 Å². The van der Waals surface area contributed by atoms with Gasteiger partial charge in [0.25, 0.3) is 10.0 Å². The molecule has 2 aromatic rings. The number of aromatic hydroxyl groups is 1. The lowest BCUT2D eigenvalue weighted by molar-refractivity contribution is 0.252. The van der Waals surface area contributed by atoms with E-state index < -0.39 is 20.7 Å². The lowest BCUT2D eigenvalue weighted by atomic mass is 10.2. The summed E-state index contributed by atoms with van der Waals surface area (Å²) >= 11 is 15.0. The Morgan fingerprint density at radius 3 is 2.58 bits per heavy atom. The number of nitrogens with one attached hydrogen (secondary N) is 2. The van der Waals surface area contributed by atoms with Crippen LogP contribution >= 0.6 is 39.1 Å². The van der Waals surface area contributed by atoms with Crippen LogP contribution in [-0.2, 0) is 10.0 Å². The summed E-state index contributed by atoms with van der Waals surface area (Å²) in [7, 11) is -4.15. The molecule has 0 radical (unpaired) electrons. The van der Waals surface area contributed by atoms with Crippen LogP contribution in [0, 0.1) is 0 Å². The molecule has 1 aliphatic rings. The van der Waals surface area contributed by atoms with E-state index in [1.807, 2.05) is 0 Å². The maximum absolute atomic E-state index is 12.6. The van der Waals surface area contributed by atoms with Crippen LogP contribution in [0.5, 0.6) is 5.75 Å². The van der Waals surface area contributed by atoms with Crippen LogP contribution in [0.2, 0.25) is 10.0 Å². The van der Waals surface area contributed by atoms with Gasteiger partial charge in [-0.2, -0.15) is 0 Å². The number of amides is 2. The molecule has 7 nitrogen and oxygen atoms in total. The molecular formula is C15H12BrCl2N3O4S. The van der Waals surface area contributed by atoms with E-state index in [0.717, 1.165) is 0 Å². The van der Waals surface area contributed by atoms with Crippen LogP contribution in [0.1, 0.15) is 0 Å². The highest BCUT2D eigenvalue weighted by molar-refractivity contribution is 9.10. The van der Waals surface area contributed by atoms with Crippen molar-refractivity contribution < 1.29 is 18.3 Å². The van der Waals surface area contributed by atoms with Gasteiger partial charge in [-0.25, -0.2) is 13.2 Å². The monoisotopic (exact) mass is 479 g/mol. The van der Waals surface area contributed by atoms with E-state index in [4.69, 9.17) is 23.2 Å². The Morgan fingerprint density at radius 1 is 1.19 bits per heavy atom. The third kappa shape index (κ3) is 3.85. The maximum atomic E-state index is 12.6. The number of benzene rings is 2. The molecule has 0 bridgehead atoms. The molecule has 1 saturated heterocycles. The molecule has 138 valence electrons. The van der Waals surface area contributed by atoms with Crippen LogP contribution in [0.3, 0.4) is 0 Å². The highest BCUT2D eigenvalue weighted by atomic mass is 79.9. The summed E-state index contributed by atoms with van der Waals surface area (Å²) < 4.78 is 28.0. The molecule has 3 rings (SSSR count). The minimum Gasteiger partial charge on any atom is -0.505 e. The maximum Gasteiger partial charge on any atom is 0.321 e. The first kappa shape index (κ1) is 19.1.